The Morgan fingerprint density at radius 2 is 2.00 bits per heavy atom. The first kappa shape index (κ1) is 16.2. The lowest BCUT2D eigenvalue weighted by Gasteiger charge is -2.28. The summed E-state index contributed by atoms with van der Waals surface area (Å²) < 4.78 is 41.3. The topological polar surface area (TPSA) is 87.7 Å². The van der Waals surface area contributed by atoms with E-state index in [0.29, 0.717) is 5.56 Å². The molecule has 2 rings (SSSR count). The van der Waals surface area contributed by atoms with Crippen LogP contribution in [0.5, 0.6) is 0 Å². The first-order chi connectivity index (χ1) is 10.3. The summed E-state index contributed by atoms with van der Waals surface area (Å²) in [4.78, 5) is 22.0. The highest BCUT2D eigenvalue weighted by Gasteiger charge is 2.38. The van der Waals surface area contributed by atoms with Crippen molar-refractivity contribution >= 4 is 17.5 Å². The third-order valence-electron chi connectivity index (χ3n) is 3.03. The number of nitrogens with one attached hydrogen (secondary N) is 2. The third kappa shape index (κ3) is 3.95. The Bertz CT molecular complexity index is 559. The van der Waals surface area contributed by atoms with E-state index in [4.69, 9.17) is 4.74 Å². The average Bonchev–Trinajstić information content (AvgIpc) is 2.46. The minimum Gasteiger partial charge on any atom is -0.386 e. The van der Waals surface area contributed by atoms with Gasteiger partial charge in [-0.1, -0.05) is 12.1 Å². The Morgan fingerprint density at radius 3 is 2.55 bits per heavy atom. The second kappa shape index (κ2) is 6.32. The summed E-state index contributed by atoms with van der Waals surface area (Å²) in [6.07, 6.45) is -6.04. The maximum Gasteiger partial charge on any atom is 0.471 e. The lowest BCUT2D eigenvalue weighted by Crippen LogP contribution is -2.48. The van der Waals surface area contributed by atoms with Crippen molar-refractivity contribution in [2.24, 2.45) is 0 Å². The van der Waals surface area contributed by atoms with Crippen LogP contribution in [0.2, 0.25) is 0 Å². The van der Waals surface area contributed by atoms with Crippen LogP contribution >= 0.6 is 0 Å². The molecule has 1 aliphatic heterocycles. The van der Waals surface area contributed by atoms with Crippen LogP contribution in [0, 0.1) is 0 Å². The van der Waals surface area contributed by atoms with Crippen LogP contribution in [-0.2, 0) is 14.3 Å². The van der Waals surface area contributed by atoms with Crippen LogP contribution in [0.15, 0.2) is 24.3 Å². The molecule has 120 valence electrons. The van der Waals surface area contributed by atoms with Crippen LogP contribution < -0.4 is 10.6 Å². The molecule has 0 saturated carbocycles. The van der Waals surface area contributed by atoms with Crippen molar-refractivity contribution in [1.29, 1.82) is 0 Å². The monoisotopic (exact) mass is 318 g/mol. The van der Waals surface area contributed by atoms with E-state index in [1.807, 2.05) is 0 Å². The second-order valence-corrected chi connectivity index (χ2v) is 4.71. The van der Waals surface area contributed by atoms with Crippen molar-refractivity contribution < 1.29 is 32.6 Å². The number of aliphatic hydroxyl groups excluding tert-OH is 1. The maximum atomic E-state index is 12.1. The molecule has 0 aliphatic carbocycles. The number of benzene rings is 1. The zero-order chi connectivity index (χ0) is 16.3. The number of carbonyl (C=O) groups excluding carboxylic acids is 2. The van der Waals surface area contributed by atoms with Gasteiger partial charge in [0, 0.05) is 5.69 Å². The molecule has 0 bridgehead atoms. The van der Waals surface area contributed by atoms with Crippen molar-refractivity contribution in [2.75, 3.05) is 18.5 Å². The summed E-state index contributed by atoms with van der Waals surface area (Å²) in [7, 11) is 0. The number of aliphatic hydroxyl groups is 1. The molecule has 1 aromatic carbocycles. The van der Waals surface area contributed by atoms with E-state index in [1.165, 1.54) is 24.3 Å². The highest BCUT2D eigenvalue weighted by Crippen LogP contribution is 2.22. The summed E-state index contributed by atoms with van der Waals surface area (Å²) in [5.74, 6) is -2.43. The van der Waals surface area contributed by atoms with Gasteiger partial charge in [0.1, 0.15) is 12.7 Å². The lowest BCUT2D eigenvalue weighted by molar-refractivity contribution is -0.167. The molecule has 1 fully saturated rings. The van der Waals surface area contributed by atoms with Crippen LogP contribution in [0.25, 0.3) is 0 Å². The fourth-order valence-electron chi connectivity index (χ4n) is 1.94. The average molecular weight is 318 g/mol. The SMILES string of the molecule is O=C1COC[C@H]([C@H](O)c2ccc(NC(=O)C(F)(F)F)cc2)N1. The predicted molar refractivity (Wildman–Crippen MR) is 68.8 cm³/mol. The van der Waals surface area contributed by atoms with Gasteiger partial charge in [0.2, 0.25) is 5.91 Å². The molecule has 6 nitrogen and oxygen atoms in total. The summed E-state index contributed by atoms with van der Waals surface area (Å²) >= 11 is 0. The van der Waals surface area contributed by atoms with E-state index in [2.05, 4.69) is 5.32 Å². The van der Waals surface area contributed by atoms with Gasteiger partial charge in [-0.25, -0.2) is 0 Å². The highest BCUT2D eigenvalue weighted by atomic mass is 19.4. The van der Waals surface area contributed by atoms with Crippen molar-refractivity contribution in [2.45, 2.75) is 18.3 Å². The van der Waals surface area contributed by atoms with E-state index >= 15 is 0 Å². The number of alkyl halides is 3. The molecule has 22 heavy (non-hydrogen) atoms. The van der Waals surface area contributed by atoms with E-state index in [-0.39, 0.29) is 24.8 Å². The Kier molecular flexibility index (Phi) is 4.67. The van der Waals surface area contributed by atoms with Gasteiger partial charge < -0.3 is 20.5 Å². The van der Waals surface area contributed by atoms with Gasteiger partial charge in [-0.3, -0.25) is 9.59 Å². The van der Waals surface area contributed by atoms with Crippen molar-refractivity contribution in [1.82, 2.24) is 5.32 Å². The van der Waals surface area contributed by atoms with E-state index in [9.17, 15) is 27.9 Å². The molecule has 0 aromatic heterocycles. The number of amides is 2. The molecule has 9 heteroatoms. The Morgan fingerprint density at radius 1 is 1.36 bits per heavy atom. The van der Waals surface area contributed by atoms with Crippen LogP contribution in [0.4, 0.5) is 18.9 Å². The standard InChI is InChI=1S/C13H13F3N2O4/c14-13(15,16)12(21)17-8-3-1-7(2-4-8)11(20)9-5-22-6-10(19)18-9/h1-4,9,11,20H,5-6H2,(H,17,21)(H,18,19)/t9-,11-/m1/s1. The van der Waals surface area contributed by atoms with E-state index in [0.717, 1.165) is 0 Å². The Hall–Kier alpha value is -2.13. The smallest absolute Gasteiger partial charge is 0.386 e. The van der Waals surface area contributed by atoms with Gasteiger partial charge in [0.05, 0.1) is 12.6 Å². The molecule has 0 spiro atoms. The first-order valence-electron chi connectivity index (χ1n) is 6.30. The molecular weight excluding hydrogens is 305 g/mol. The van der Waals surface area contributed by atoms with Gasteiger partial charge in [-0.05, 0) is 17.7 Å². The number of carbonyl (C=O) groups is 2. The molecule has 0 radical (unpaired) electrons. The largest absolute Gasteiger partial charge is 0.471 e. The Labute approximate surface area is 123 Å². The predicted octanol–water partition coefficient (Wildman–Crippen LogP) is 0.736. The zero-order valence-corrected chi connectivity index (χ0v) is 11.2. The number of ether oxygens (including phenoxy) is 1. The maximum absolute atomic E-state index is 12.1. The molecule has 1 heterocycles. The zero-order valence-electron chi connectivity index (χ0n) is 11.2. The Balaban J connectivity index is 2.02. The van der Waals surface area contributed by atoms with E-state index in [1.54, 1.807) is 5.32 Å². The lowest BCUT2D eigenvalue weighted by atomic mass is 10.0. The number of halogens is 3. The first-order valence-corrected chi connectivity index (χ1v) is 6.30. The molecule has 2 atom stereocenters. The number of hydrogen-bond donors (Lipinski definition) is 3. The molecule has 2 amide bonds. The van der Waals surface area contributed by atoms with Gasteiger partial charge in [0.25, 0.3) is 0 Å². The van der Waals surface area contributed by atoms with E-state index < -0.39 is 24.2 Å². The molecule has 3 N–H and O–H groups in total. The second-order valence-electron chi connectivity index (χ2n) is 4.71. The molecule has 0 unspecified atom stereocenters. The van der Waals surface area contributed by atoms with Crippen molar-refractivity contribution in [3.63, 3.8) is 0 Å². The number of rotatable bonds is 3. The number of hydrogen-bond acceptors (Lipinski definition) is 4. The quantitative estimate of drug-likeness (QED) is 0.767. The summed E-state index contributed by atoms with van der Waals surface area (Å²) in [5.41, 5.74) is 0.322. The van der Waals surface area contributed by atoms with Gasteiger partial charge in [0.15, 0.2) is 0 Å². The molecule has 1 aliphatic rings. The van der Waals surface area contributed by atoms with Gasteiger partial charge in [-0.2, -0.15) is 13.2 Å². The van der Waals surface area contributed by atoms with Gasteiger partial charge in [-0.15, -0.1) is 0 Å². The minimum absolute atomic E-state index is 0.0535. The molecular formula is C13H13F3N2O4. The summed E-state index contributed by atoms with van der Waals surface area (Å²) in [6, 6.07) is 4.54. The molecule has 1 aromatic rings. The number of morpholine rings is 1. The third-order valence-corrected chi connectivity index (χ3v) is 3.03. The van der Waals surface area contributed by atoms with Crippen LogP contribution in [0.1, 0.15) is 11.7 Å². The van der Waals surface area contributed by atoms with Crippen LogP contribution in [-0.4, -0.2) is 42.4 Å². The molecule has 1 saturated heterocycles. The highest BCUT2D eigenvalue weighted by molar-refractivity contribution is 5.94. The minimum atomic E-state index is -4.97. The van der Waals surface area contributed by atoms with Crippen molar-refractivity contribution in [3.05, 3.63) is 29.8 Å². The fraction of sp³-hybridized carbons (Fsp3) is 0.385. The van der Waals surface area contributed by atoms with Crippen molar-refractivity contribution in [3.8, 4) is 0 Å². The van der Waals surface area contributed by atoms with Gasteiger partial charge >= 0.3 is 12.1 Å². The normalized spacial score (nSPS) is 20.2. The fourth-order valence-corrected chi connectivity index (χ4v) is 1.94. The number of anilines is 1. The van der Waals surface area contributed by atoms with Crippen LogP contribution in [0.3, 0.4) is 0 Å². The summed E-state index contributed by atoms with van der Waals surface area (Å²) in [5, 5.41) is 14.3. The summed E-state index contributed by atoms with van der Waals surface area (Å²) in [6.45, 7) is 0.0467.